The fraction of sp³-hybridized carbons (Fsp3) is 0.600. The molecule has 100 valence electrons. The molecule has 1 N–H and O–H groups in total. The number of hydrogen-bond donors (Lipinski definition) is 1. The minimum absolute atomic E-state index is 0.0799. The Morgan fingerprint density at radius 1 is 1.28 bits per heavy atom. The van der Waals surface area contributed by atoms with E-state index in [2.05, 4.69) is 6.92 Å². The number of halogens is 2. The van der Waals surface area contributed by atoms with Gasteiger partial charge in [-0.05, 0) is 36.3 Å². The van der Waals surface area contributed by atoms with Crippen LogP contribution in [0.1, 0.15) is 37.3 Å². The molecule has 1 aliphatic carbocycles. The third kappa shape index (κ3) is 3.29. The summed E-state index contributed by atoms with van der Waals surface area (Å²) in [5.41, 5.74) is 2.27. The summed E-state index contributed by atoms with van der Waals surface area (Å²) in [5, 5.41) is 10.0. The van der Waals surface area contributed by atoms with Gasteiger partial charge in [-0.25, -0.2) is 8.78 Å². The number of rotatable bonds is 4. The van der Waals surface area contributed by atoms with E-state index in [0.717, 1.165) is 12.0 Å². The SMILES string of the molecule is CCc1ccc(CC(O)C2CCC(F)(F)C2)cc1. The Kier molecular flexibility index (Phi) is 4.00. The first-order chi connectivity index (χ1) is 8.50. The summed E-state index contributed by atoms with van der Waals surface area (Å²) in [5.74, 6) is -2.83. The molecule has 1 saturated carbocycles. The van der Waals surface area contributed by atoms with Crippen molar-refractivity contribution in [3.8, 4) is 0 Å². The molecule has 0 saturated heterocycles. The van der Waals surface area contributed by atoms with E-state index >= 15 is 0 Å². The van der Waals surface area contributed by atoms with Crippen molar-refractivity contribution >= 4 is 0 Å². The van der Waals surface area contributed by atoms with Gasteiger partial charge in [-0.3, -0.25) is 0 Å². The smallest absolute Gasteiger partial charge is 0.248 e. The lowest BCUT2D eigenvalue weighted by Crippen LogP contribution is -2.22. The highest BCUT2D eigenvalue weighted by molar-refractivity contribution is 5.23. The number of hydrogen-bond acceptors (Lipinski definition) is 1. The van der Waals surface area contributed by atoms with Crippen molar-refractivity contribution in [1.29, 1.82) is 0 Å². The molecular weight excluding hydrogens is 234 g/mol. The predicted molar refractivity (Wildman–Crippen MR) is 67.8 cm³/mol. The Hall–Kier alpha value is -0.960. The van der Waals surface area contributed by atoms with Crippen molar-refractivity contribution in [1.82, 2.24) is 0 Å². The molecule has 0 radical (unpaired) electrons. The van der Waals surface area contributed by atoms with Crippen LogP contribution in [-0.4, -0.2) is 17.1 Å². The van der Waals surface area contributed by atoms with E-state index in [0.29, 0.717) is 12.8 Å². The van der Waals surface area contributed by atoms with Crippen LogP contribution in [0.15, 0.2) is 24.3 Å². The van der Waals surface area contributed by atoms with Crippen LogP contribution in [0.2, 0.25) is 0 Å². The summed E-state index contributed by atoms with van der Waals surface area (Å²) in [4.78, 5) is 0. The van der Waals surface area contributed by atoms with E-state index in [4.69, 9.17) is 0 Å². The van der Waals surface area contributed by atoms with Crippen LogP contribution in [0, 0.1) is 5.92 Å². The summed E-state index contributed by atoms with van der Waals surface area (Å²) in [6, 6.07) is 8.03. The first kappa shape index (κ1) is 13.5. The predicted octanol–water partition coefficient (Wildman–Crippen LogP) is 3.59. The Bertz CT molecular complexity index is 386. The molecule has 0 heterocycles. The lowest BCUT2D eigenvalue weighted by molar-refractivity contribution is -0.00479. The number of aliphatic hydroxyl groups is 1. The monoisotopic (exact) mass is 254 g/mol. The lowest BCUT2D eigenvalue weighted by Gasteiger charge is -2.18. The molecule has 0 bridgehead atoms. The van der Waals surface area contributed by atoms with Gasteiger partial charge in [0.15, 0.2) is 0 Å². The van der Waals surface area contributed by atoms with Crippen molar-refractivity contribution in [3.63, 3.8) is 0 Å². The zero-order valence-electron chi connectivity index (χ0n) is 10.7. The maximum atomic E-state index is 13.1. The number of aliphatic hydroxyl groups excluding tert-OH is 1. The van der Waals surface area contributed by atoms with Crippen LogP contribution in [0.25, 0.3) is 0 Å². The first-order valence-corrected chi connectivity index (χ1v) is 6.64. The van der Waals surface area contributed by atoms with Crippen molar-refractivity contribution in [3.05, 3.63) is 35.4 Å². The fourth-order valence-electron chi connectivity index (χ4n) is 2.63. The summed E-state index contributed by atoms with van der Waals surface area (Å²) in [7, 11) is 0. The maximum Gasteiger partial charge on any atom is 0.248 e. The highest BCUT2D eigenvalue weighted by atomic mass is 19.3. The molecule has 0 spiro atoms. The minimum atomic E-state index is -2.57. The highest BCUT2D eigenvalue weighted by Gasteiger charge is 2.41. The Labute approximate surface area is 107 Å². The zero-order valence-corrected chi connectivity index (χ0v) is 10.7. The quantitative estimate of drug-likeness (QED) is 0.870. The van der Waals surface area contributed by atoms with E-state index in [1.54, 1.807) is 0 Å². The Morgan fingerprint density at radius 2 is 1.89 bits per heavy atom. The van der Waals surface area contributed by atoms with E-state index < -0.39 is 12.0 Å². The second kappa shape index (κ2) is 5.35. The van der Waals surface area contributed by atoms with Crippen molar-refractivity contribution in [2.24, 2.45) is 5.92 Å². The van der Waals surface area contributed by atoms with Gasteiger partial charge in [0.05, 0.1) is 6.10 Å². The third-order valence-corrected chi connectivity index (χ3v) is 3.86. The van der Waals surface area contributed by atoms with E-state index in [9.17, 15) is 13.9 Å². The molecule has 0 amide bonds. The van der Waals surface area contributed by atoms with Gasteiger partial charge in [-0.15, -0.1) is 0 Å². The molecule has 0 aromatic heterocycles. The molecule has 18 heavy (non-hydrogen) atoms. The summed E-state index contributed by atoms with van der Waals surface area (Å²) in [6.45, 7) is 2.09. The van der Waals surface area contributed by atoms with Crippen molar-refractivity contribution in [2.75, 3.05) is 0 Å². The molecule has 2 rings (SSSR count). The van der Waals surface area contributed by atoms with E-state index in [1.165, 1.54) is 5.56 Å². The third-order valence-electron chi connectivity index (χ3n) is 3.86. The molecular formula is C15H20F2O. The van der Waals surface area contributed by atoms with Crippen molar-refractivity contribution in [2.45, 2.75) is 51.1 Å². The largest absolute Gasteiger partial charge is 0.392 e. The molecule has 0 aliphatic heterocycles. The van der Waals surface area contributed by atoms with Gasteiger partial charge >= 0.3 is 0 Å². The molecule has 1 aromatic carbocycles. The van der Waals surface area contributed by atoms with Crippen LogP contribution < -0.4 is 0 Å². The maximum absolute atomic E-state index is 13.1. The highest BCUT2D eigenvalue weighted by Crippen LogP contribution is 2.40. The molecule has 2 unspecified atom stereocenters. The molecule has 3 heteroatoms. The molecule has 1 nitrogen and oxygen atoms in total. The first-order valence-electron chi connectivity index (χ1n) is 6.64. The zero-order chi connectivity index (χ0) is 13.2. The Balaban J connectivity index is 1.92. The average Bonchev–Trinajstić information content (AvgIpc) is 2.71. The van der Waals surface area contributed by atoms with Crippen LogP contribution in [0.4, 0.5) is 8.78 Å². The summed E-state index contributed by atoms with van der Waals surface area (Å²) >= 11 is 0. The second-order valence-corrected chi connectivity index (χ2v) is 5.30. The van der Waals surface area contributed by atoms with Crippen molar-refractivity contribution < 1.29 is 13.9 Å². The molecule has 2 atom stereocenters. The molecule has 1 fully saturated rings. The minimum Gasteiger partial charge on any atom is -0.392 e. The van der Waals surface area contributed by atoms with Gasteiger partial charge in [0.25, 0.3) is 0 Å². The van der Waals surface area contributed by atoms with Gasteiger partial charge in [0, 0.05) is 12.8 Å². The van der Waals surface area contributed by atoms with E-state index in [-0.39, 0.29) is 18.8 Å². The number of alkyl halides is 2. The van der Waals surface area contributed by atoms with E-state index in [1.807, 2.05) is 24.3 Å². The second-order valence-electron chi connectivity index (χ2n) is 5.30. The van der Waals surface area contributed by atoms with Crippen LogP contribution in [0.5, 0.6) is 0 Å². The normalized spacial score (nSPS) is 24.1. The van der Waals surface area contributed by atoms with Crippen LogP contribution in [0.3, 0.4) is 0 Å². The average molecular weight is 254 g/mol. The summed E-state index contributed by atoms with van der Waals surface area (Å²) < 4.78 is 26.2. The van der Waals surface area contributed by atoms with Gasteiger partial charge in [-0.2, -0.15) is 0 Å². The van der Waals surface area contributed by atoms with Crippen LogP contribution >= 0.6 is 0 Å². The fourth-order valence-corrected chi connectivity index (χ4v) is 2.63. The standard InChI is InChI=1S/C15H20F2O/c1-2-11-3-5-12(6-4-11)9-14(18)13-7-8-15(16,17)10-13/h3-6,13-14,18H,2,7-10H2,1H3. The Morgan fingerprint density at radius 3 is 2.39 bits per heavy atom. The van der Waals surface area contributed by atoms with Crippen LogP contribution in [-0.2, 0) is 12.8 Å². The number of aryl methyl sites for hydroxylation is 1. The molecule has 1 aliphatic rings. The van der Waals surface area contributed by atoms with Gasteiger partial charge < -0.3 is 5.11 Å². The molecule has 1 aromatic rings. The number of benzene rings is 1. The van der Waals surface area contributed by atoms with Gasteiger partial charge in [0.2, 0.25) is 5.92 Å². The topological polar surface area (TPSA) is 20.2 Å². The summed E-state index contributed by atoms with van der Waals surface area (Å²) in [6.07, 6.45) is 1.000. The van der Waals surface area contributed by atoms with Gasteiger partial charge in [-0.1, -0.05) is 31.2 Å². The lowest BCUT2D eigenvalue weighted by atomic mass is 9.94. The van der Waals surface area contributed by atoms with Gasteiger partial charge in [0.1, 0.15) is 0 Å².